The molecule has 0 heterocycles. The van der Waals surface area contributed by atoms with Gasteiger partial charge in [-0.3, -0.25) is 4.79 Å². The van der Waals surface area contributed by atoms with Gasteiger partial charge in [-0.2, -0.15) is 5.10 Å². The minimum absolute atomic E-state index is 0.344. The molecule has 3 rings (SSSR count). The second kappa shape index (κ2) is 9.92. The van der Waals surface area contributed by atoms with Gasteiger partial charge in [-0.1, -0.05) is 57.3 Å². The van der Waals surface area contributed by atoms with Crippen molar-refractivity contribution in [2.45, 2.75) is 13.5 Å². The molecule has 3 aromatic rings. The lowest BCUT2D eigenvalue weighted by molar-refractivity contribution is 0.0955. The fourth-order valence-corrected chi connectivity index (χ4v) is 3.11. The molecule has 0 aliphatic carbocycles. The molecule has 0 atom stereocenters. The first kappa shape index (κ1) is 21.4. The van der Waals surface area contributed by atoms with Crippen LogP contribution in [0.3, 0.4) is 0 Å². The molecule has 0 spiro atoms. The predicted molar refractivity (Wildman–Crippen MR) is 121 cm³/mol. The highest BCUT2D eigenvalue weighted by atomic mass is 79.9. The maximum Gasteiger partial charge on any atom is 0.271 e. The lowest BCUT2D eigenvalue weighted by Crippen LogP contribution is -2.17. The number of halogens is 3. The van der Waals surface area contributed by atoms with Crippen molar-refractivity contribution < 1.29 is 9.53 Å². The number of nitrogens with zero attached hydrogens (tertiary/aromatic N) is 1. The highest BCUT2D eigenvalue weighted by Crippen LogP contribution is 2.26. The second-order valence-electron chi connectivity index (χ2n) is 6.27. The number of aryl methyl sites for hydroxylation is 1. The van der Waals surface area contributed by atoms with Crippen LogP contribution < -0.4 is 10.2 Å². The van der Waals surface area contributed by atoms with E-state index >= 15 is 0 Å². The van der Waals surface area contributed by atoms with Crippen molar-refractivity contribution in [2.24, 2.45) is 5.10 Å². The Morgan fingerprint density at radius 2 is 1.83 bits per heavy atom. The maximum absolute atomic E-state index is 12.1. The van der Waals surface area contributed by atoms with Crippen molar-refractivity contribution in [3.63, 3.8) is 0 Å². The first-order valence-corrected chi connectivity index (χ1v) is 10.2. The second-order valence-corrected chi connectivity index (χ2v) is 8.00. The summed E-state index contributed by atoms with van der Waals surface area (Å²) < 4.78 is 6.78. The van der Waals surface area contributed by atoms with Crippen LogP contribution in [0.4, 0.5) is 0 Å². The monoisotopic (exact) mass is 490 g/mol. The van der Waals surface area contributed by atoms with Crippen LogP contribution in [0, 0.1) is 6.92 Å². The predicted octanol–water partition coefficient (Wildman–Crippen LogP) is 6.41. The van der Waals surface area contributed by atoms with E-state index in [-0.39, 0.29) is 5.91 Å². The van der Waals surface area contributed by atoms with Crippen LogP contribution in [0.15, 0.2) is 70.2 Å². The van der Waals surface area contributed by atoms with E-state index in [1.807, 2.05) is 31.2 Å². The van der Waals surface area contributed by atoms with E-state index in [2.05, 4.69) is 26.5 Å². The molecule has 0 aromatic heterocycles. The Kier molecular flexibility index (Phi) is 7.31. The highest BCUT2D eigenvalue weighted by Gasteiger charge is 2.07. The van der Waals surface area contributed by atoms with Crippen molar-refractivity contribution in [2.75, 3.05) is 0 Å². The Labute approximate surface area is 187 Å². The van der Waals surface area contributed by atoms with Gasteiger partial charge in [-0.05, 0) is 66.1 Å². The average Bonchev–Trinajstić information content (AvgIpc) is 2.70. The Hall–Kier alpha value is -2.34. The maximum atomic E-state index is 12.1. The number of carbonyl (C=O) groups excluding carboxylic acids is 1. The summed E-state index contributed by atoms with van der Waals surface area (Å²) in [6.07, 6.45) is 1.51. The summed E-state index contributed by atoms with van der Waals surface area (Å²) in [4.78, 5) is 12.1. The summed E-state index contributed by atoms with van der Waals surface area (Å²) in [6.45, 7) is 2.29. The number of benzene rings is 3. The number of amides is 1. The van der Waals surface area contributed by atoms with Crippen LogP contribution in [0.2, 0.25) is 10.0 Å². The molecule has 4 nitrogen and oxygen atoms in total. The van der Waals surface area contributed by atoms with Gasteiger partial charge in [-0.25, -0.2) is 5.43 Å². The van der Waals surface area contributed by atoms with E-state index in [0.29, 0.717) is 28.0 Å². The third kappa shape index (κ3) is 6.07. The van der Waals surface area contributed by atoms with E-state index < -0.39 is 0 Å². The molecule has 0 unspecified atom stereocenters. The number of rotatable bonds is 6. The summed E-state index contributed by atoms with van der Waals surface area (Å²) in [5.41, 5.74) is 5.58. The number of hydrogen-bond donors (Lipinski definition) is 1. The molecule has 3 aromatic carbocycles. The normalized spacial score (nSPS) is 10.9. The average molecular weight is 492 g/mol. The first-order valence-electron chi connectivity index (χ1n) is 8.69. The summed E-state index contributed by atoms with van der Waals surface area (Å²) in [5, 5.41) is 4.97. The van der Waals surface area contributed by atoms with Gasteiger partial charge in [0.1, 0.15) is 12.4 Å². The molecular weight excluding hydrogens is 475 g/mol. The molecule has 0 radical (unpaired) electrons. The van der Waals surface area contributed by atoms with Gasteiger partial charge in [0.05, 0.1) is 11.2 Å². The molecule has 1 N–H and O–H groups in total. The Balaban J connectivity index is 1.58. The minimum atomic E-state index is -0.344. The van der Waals surface area contributed by atoms with Crippen LogP contribution in [0.5, 0.6) is 5.75 Å². The zero-order valence-corrected chi connectivity index (χ0v) is 18.6. The molecule has 1 amide bonds. The number of ether oxygens (including phenoxy) is 1. The molecule has 29 heavy (non-hydrogen) atoms. The first-order chi connectivity index (χ1) is 13.9. The van der Waals surface area contributed by atoms with Crippen molar-refractivity contribution in [3.8, 4) is 5.75 Å². The van der Waals surface area contributed by atoms with Gasteiger partial charge < -0.3 is 4.74 Å². The van der Waals surface area contributed by atoms with Gasteiger partial charge in [0.15, 0.2) is 0 Å². The molecule has 0 aliphatic rings. The largest absolute Gasteiger partial charge is 0.487 e. The zero-order valence-electron chi connectivity index (χ0n) is 15.5. The molecule has 0 bridgehead atoms. The molecule has 0 aliphatic heterocycles. The fraction of sp³-hybridized carbons (Fsp3) is 0.0909. The van der Waals surface area contributed by atoms with Gasteiger partial charge in [0, 0.05) is 15.1 Å². The standard InChI is InChI=1S/C22H17BrCl2N2O2/c1-14-2-6-17(11-19(14)24)22(28)27-26-12-16-5-9-21(20(25)10-16)29-13-15-3-7-18(23)8-4-15/h2-12H,13H2,1H3,(H,27,28)/b26-12-. The van der Waals surface area contributed by atoms with E-state index in [9.17, 15) is 4.79 Å². The summed E-state index contributed by atoms with van der Waals surface area (Å²) in [5.74, 6) is 0.230. The van der Waals surface area contributed by atoms with E-state index in [1.54, 1.807) is 36.4 Å². The number of carbonyl (C=O) groups is 1. The molecule has 7 heteroatoms. The Bertz CT molecular complexity index is 1050. The van der Waals surface area contributed by atoms with Crippen LogP contribution in [-0.2, 0) is 6.61 Å². The summed E-state index contributed by atoms with van der Waals surface area (Å²) in [6, 6.07) is 18.2. The van der Waals surface area contributed by atoms with Gasteiger partial charge in [0.2, 0.25) is 0 Å². The smallest absolute Gasteiger partial charge is 0.271 e. The summed E-state index contributed by atoms with van der Waals surface area (Å²) >= 11 is 15.7. The van der Waals surface area contributed by atoms with Crippen LogP contribution >= 0.6 is 39.1 Å². The van der Waals surface area contributed by atoms with E-state index in [0.717, 1.165) is 21.2 Å². The molecule has 0 fully saturated rings. The Morgan fingerprint density at radius 3 is 2.52 bits per heavy atom. The Morgan fingerprint density at radius 1 is 1.07 bits per heavy atom. The number of nitrogens with one attached hydrogen (secondary N) is 1. The van der Waals surface area contributed by atoms with Crippen LogP contribution in [-0.4, -0.2) is 12.1 Å². The SMILES string of the molecule is Cc1ccc(C(=O)N/N=C\c2ccc(OCc3ccc(Br)cc3)c(Cl)c2)cc1Cl. The third-order valence-corrected chi connectivity index (χ3v) is 5.31. The number of hydrazone groups is 1. The summed E-state index contributed by atoms with van der Waals surface area (Å²) in [7, 11) is 0. The quantitative estimate of drug-likeness (QED) is 0.320. The lowest BCUT2D eigenvalue weighted by Gasteiger charge is -2.09. The van der Waals surface area contributed by atoms with Crippen molar-refractivity contribution in [3.05, 3.63) is 97.4 Å². The molecular formula is C22H17BrCl2N2O2. The van der Waals surface area contributed by atoms with Crippen molar-refractivity contribution in [1.29, 1.82) is 0 Å². The van der Waals surface area contributed by atoms with Gasteiger partial charge in [0.25, 0.3) is 5.91 Å². The van der Waals surface area contributed by atoms with Crippen LogP contribution in [0.1, 0.15) is 27.0 Å². The third-order valence-electron chi connectivity index (χ3n) is 4.08. The van der Waals surface area contributed by atoms with Gasteiger partial charge >= 0.3 is 0 Å². The topological polar surface area (TPSA) is 50.7 Å². The molecule has 148 valence electrons. The number of hydrogen-bond acceptors (Lipinski definition) is 3. The minimum Gasteiger partial charge on any atom is -0.487 e. The van der Waals surface area contributed by atoms with Gasteiger partial charge in [-0.15, -0.1) is 0 Å². The highest BCUT2D eigenvalue weighted by molar-refractivity contribution is 9.10. The molecule has 0 saturated carbocycles. The van der Waals surface area contributed by atoms with E-state index in [4.69, 9.17) is 27.9 Å². The van der Waals surface area contributed by atoms with Crippen molar-refractivity contribution >= 4 is 51.3 Å². The van der Waals surface area contributed by atoms with Crippen LogP contribution in [0.25, 0.3) is 0 Å². The van der Waals surface area contributed by atoms with E-state index in [1.165, 1.54) is 6.21 Å². The molecule has 0 saturated heterocycles. The zero-order chi connectivity index (χ0) is 20.8. The fourth-order valence-electron chi connectivity index (χ4n) is 2.42. The van der Waals surface area contributed by atoms with Crippen molar-refractivity contribution in [1.82, 2.24) is 5.43 Å². The lowest BCUT2D eigenvalue weighted by atomic mass is 10.1.